The maximum atomic E-state index is 13.0. The van der Waals surface area contributed by atoms with Gasteiger partial charge in [0, 0.05) is 40.5 Å². The van der Waals surface area contributed by atoms with Crippen LogP contribution in [-0.2, 0) is 11.3 Å². The fourth-order valence-corrected chi connectivity index (χ4v) is 3.19. The molecule has 0 spiro atoms. The van der Waals surface area contributed by atoms with Crippen LogP contribution in [0.25, 0.3) is 11.6 Å². The molecule has 0 aliphatic carbocycles. The van der Waals surface area contributed by atoms with E-state index in [9.17, 15) is 9.59 Å². The molecule has 2 aromatic carbocycles. The molecule has 0 aliphatic heterocycles. The van der Waals surface area contributed by atoms with Gasteiger partial charge in [0.15, 0.2) is 0 Å². The molecule has 0 unspecified atom stereocenters. The van der Waals surface area contributed by atoms with E-state index in [0.717, 1.165) is 21.6 Å². The van der Waals surface area contributed by atoms with Crippen LogP contribution < -0.4 is 10.8 Å². The number of thioether (sulfide) groups is 1. The number of nitrogens with one attached hydrogen (secondary N) is 2. The van der Waals surface area contributed by atoms with Gasteiger partial charge >= 0.3 is 0 Å². The molecule has 3 aromatic rings. The first-order valence-corrected chi connectivity index (χ1v) is 10.4. The fourth-order valence-electron chi connectivity index (χ4n) is 2.78. The molecular weight excluding hydrogens is 398 g/mol. The van der Waals surface area contributed by atoms with Gasteiger partial charge in [-0.15, -0.1) is 11.8 Å². The Bertz CT molecular complexity index is 1030. The Kier molecular flexibility index (Phi) is 7.37. The molecule has 152 valence electrons. The molecular formula is C23H21N3O3S. The topological polar surface area (TPSA) is 91.3 Å². The van der Waals surface area contributed by atoms with Crippen LogP contribution in [0.15, 0.2) is 78.0 Å². The van der Waals surface area contributed by atoms with Gasteiger partial charge in [0.1, 0.15) is 0 Å². The summed E-state index contributed by atoms with van der Waals surface area (Å²) in [5.74, 6) is -0.811. The maximum Gasteiger partial charge on any atom is 0.274 e. The molecule has 1 heterocycles. The van der Waals surface area contributed by atoms with Gasteiger partial charge in [-0.05, 0) is 53.8 Å². The first-order chi connectivity index (χ1) is 14.6. The molecule has 6 nitrogen and oxygen atoms in total. The van der Waals surface area contributed by atoms with Crippen molar-refractivity contribution in [3.63, 3.8) is 0 Å². The average molecular weight is 420 g/mol. The van der Waals surface area contributed by atoms with E-state index >= 15 is 0 Å². The molecule has 0 aliphatic rings. The molecule has 3 N–H and O–H groups in total. The third kappa shape index (κ3) is 5.56. The minimum Gasteiger partial charge on any atom is -0.348 e. The summed E-state index contributed by atoms with van der Waals surface area (Å²) in [6, 6.07) is 18.2. The number of hydroxylamine groups is 1. The van der Waals surface area contributed by atoms with E-state index in [1.165, 1.54) is 0 Å². The number of pyridine rings is 1. The highest BCUT2D eigenvalue weighted by atomic mass is 32.2. The number of nitrogens with zero attached hydrogens (tertiary/aromatic N) is 1. The third-order valence-corrected chi connectivity index (χ3v) is 5.16. The molecule has 0 bridgehead atoms. The zero-order valence-electron chi connectivity index (χ0n) is 16.3. The van der Waals surface area contributed by atoms with Gasteiger partial charge in [0.2, 0.25) is 0 Å². The summed E-state index contributed by atoms with van der Waals surface area (Å²) in [7, 11) is 0. The molecule has 0 saturated carbocycles. The molecule has 0 atom stereocenters. The Morgan fingerprint density at radius 1 is 1.03 bits per heavy atom. The monoisotopic (exact) mass is 419 g/mol. The minimum absolute atomic E-state index is 0.228. The summed E-state index contributed by atoms with van der Waals surface area (Å²) in [5.41, 5.74) is 4.90. The van der Waals surface area contributed by atoms with E-state index in [1.54, 1.807) is 60.0 Å². The standard InChI is InChI=1S/C23H21N3O3S/c1-30-20-10-6-16(7-11-20)13-21(19-3-2-12-24-15-19)23(28)25-14-17-4-8-18(9-5-17)22(27)26-29/h2-13,15,29H,14H2,1H3,(H,25,28)(H,26,27). The normalized spacial score (nSPS) is 11.1. The van der Waals surface area contributed by atoms with E-state index < -0.39 is 5.91 Å². The Labute approximate surface area is 179 Å². The molecule has 30 heavy (non-hydrogen) atoms. The van der Waals surface area contributed by atoms with Crippen LogP contribution in [0, 0.1) is 0 Å². The highest BCUT2D eigenvalue weighted by Crippen LogP contribution is 2.21. The van der Waals surface area contributed by atoms with Crippen molar-refractivity contribution in [2.75, 3.05) is 6.26 Å². The van der Waals surface area contributed by atoms with Crippen LogP contribution >= 0.6 is 11.8 Å². The third-order valence-electron chi connectivity index (χ3n) is 4.41. The fraction of sp³-hybridized carbons (Fsp3) is 0.0870. The van der Waals surface area contributed by atoms with Crippen LogP contribution in [0.1, 0.15) is 27.0 Å². The highest BCUT2D eigenvalue weighted by Gasteiger charge is 2.13. The van der Waals surface area contributed by atoms with Crippen molar-refractivity contribution in [3.05, 3.63) is 95.3 Å². The molecule has 0 radical (unpaired) electrons. The first kappa shape index (κ1) is 21.3. The second-order valence-corrected chi connectivity index (χ2v) is 7.27. The number of aromatic nitrogens is 1. The van der Waals surface area contributed by atoms with Crippen LogP contribution in [0.4, 0.5) is 0 Å². The van der Waals surface area contributed by atoms with Crippen molar-refractivity contribution < 1.29 is 14.8 Å². The summed E-state index contributed by atoms with van der Waals surface area (Å²) in [4.78, 5) is 29.6. The van der Waals surface area contributed by atoms with Crippen molar-refractivity contribution >= 4 is 35.2 Å². The van der Waals surface area contributed by atoms with Gasteiger partial charge in [-0.1, -0.05) is 30.3 Å². The van der Waals surface area contributed by atoms with Gasteiger partial charge in [0.25, 0.3) is 11.8 Å². The van der Waals surface area contributed by atoms with Crippen molar-refractivity contribution in [3.8, 4) is 0 Å². The summed E-state index contributed by atoms with van der Waals surface area (Å²) in [6.07, 6.45) is 7.17. The van der Waals surface area contributed by atoms with Gasteiger partial charge in [-0.25, -0.2) is 5.48 Å². The SMILES string of the molecule is CSc1ccc(C=C(C(=O)NCc2ccc(C(=O)NO)cc2)c2cccnc2)cc1. The van der Waals surface area contributed by atoms with E-state index in [0.29, 0.717) is 17.7 Å². The first-order valence-electron chi connectivity index (χ1n) is 9.18. The lowest BCUT2D eigenvalue weighted by Gasteiger charge is -2.10. The number of rotatable bonds is 7. The van der Waals surface area contributed by atoms with E-state index in [2.05, 4.69) is 10.3 Å². The average Bonchev–Trinajstić information content (AvgIpc) is 2.81. The molecule has 0 fully saturated rings. The highest BCUT2D eigenvalue weighted by molar-refractivity contribution is 7.98. The predicted octanol–water partition coefficient (Wildman–Crippen LogP) is 3.78. The van der Waals surface area contributed by atoms with Crippen LogP contribution in [-0.4, -0.2) is 28.3 Å². The van der Waals surface area contributed by atoms with E-state index in [-0.39, 0.29) is 5.91 Å². The van der Waals surface area contributed by atoms with Crippen molar-refractivity contribution in [2.24, 2.45) is 0 Å². The van der Waals surface area contributed by atoms with Crippen LogP contribution in [0.3, 0.4) is 0 Å². The minimum atomic E-state index is -0.583. The lowest BCUT2D eigenvalue weighted by atomic mass is 10.0. The molecule has 1 aromatic heterocycles. The number of hydrogen-bond acceptors (Lipinski definition) is 5. The number of carbonyl (C=O) groups excluding carboxylic acids is 2. The second kappa shape index (κ2) is 10.4. The van der Waals surface area contributed by atoms with Gasteiger partial charge in [-0.2, -0.15) is 0 Å². The lowest BCUT2D eigenvalue weighted by molar-refractivity contribution is -0.115. The maximum absolute atomic E-state index is 13.0. The number of benzene rings is 2. The quantitative estimate of drug-likeness (QED) is 0.235. The van der Waals surface area contributed by atoms with E-state index in [4.69, 9.17) is 5.21 Å². The van der Waals surface area contributed by atoms with Crippen molar-refractivity contribution in [1.29, 1.82) is 0 Å². The van der Waals surface area contributed by atoms with Gasteiger partial charge < -0.3 is 5.32 Å². The zero-order chi connectivity index (χ0) is 21.3. The van der Waals surface area contributed by atoms with Crippen LogP contribution in [0.5, 0.6) is 0 Å². The summed E-state index contributed by atoms with van der Waals surface area (Å²) >= 11 is 1.66. The van der Waals surface area contributed by atoms with Gasteiger partial charge in [-0.3, -0.25) is 19.8 Å². The van der Waals surface area contributed by atoms with Crippen LogP contribution in [0.2, 0.25) is 0 Å². The number of carbonyl (C=O) groups is 2. The Morgan fingerprint density at radius 3 is 2.37 bits per heavy atom. The second-order valence-electron chi connectivity index (χ2n) is 6.39. The predicted molar refractivity (Wildman–Crippen MR) is 118 cm³/mol. The summed E-state index contributed by atoms with van der Waals surface area (Å²) in [5, 5.41) is 11.6. The summed E-state index contributed by atoms with van der Waals surface area (Å²) in [6.45, 7) is 0.295. The molecule has 2 amide bonds. The van der Waals surface area contributed by atoms with E-state index in [1.807, 2.05) is 42.7 Å². The Morgan fingerprint density at radius 2 is 1.77 bits per heavy atom. The zero-order valence-corrected chi connectivity index (χ0v) is 17.1. The Hall–Kier alpha value is -3.42. The molecule has 0 saturated heterocycles. The lowest BCUT2D eigenvalue weighted by Crippen LogP contribution is -2.24. The molecule has 3 rings (SSSR count). The van der Waals surface area contributed by atoms with Crippen molar-refractivity contribution in [2.45, 2.75) is 11.4 Å². The smallest absolute Gasteiger partial charge is 0.274 e. The Balaban J connectivity index is 1.78. The molecule has 7 heteroatoms. The van der Waals surface area contributed by atoms with Gasteiger partial charge in [0.05, 0.1) is 0 Å². The number of hydrogen-bond donors (Lipinski definition) is 3. The van der Waals surface area contributed by atoms with Crippen molar-refractivity contribution in [1.82, 2.24) is 15.8 Å². The largest absolute Gasteiger partial charge is 0.348 e. The summed E-state index contributed by atoms with van der Waals surface area (Å²) < 4.78 is 0. The number of amides is 2.